The molecule has 2 aromatic carbocycles. The summed E-state index contributed by atoms with van der Waals surface area (Å²) in [5, 5.41) is 3.80. The van der Waals surface area contributed by atoms with Crippen LogP contribution in [0.25, 0.3) is 22.4 Å². The molecule has 4 aromatic rings. The number of rotatable bonds is 4. The van der Waals surface area contributed by atoms with Gasteiger partial charge < -0.3 is 14.6 Å². The zero-order valence-corrected chi connectivity index (χ0v) is 18.5. The predicted molar refractivity (Wildman–Crippen MR) is 128 cm³/mol. The van der Waals surface area contributed by atoms with E-state index in [9.17, 15) is 9.59 Å². The van der Waals surface area contributed by atoms with Crippen LogP contribution in [0.15, 0.2) is 77.2 Å². The van der Waals surface area contributed by atoms with Gasteiger partial charge in [0, 0.05) is 30.1 Å². The highest BCUT2D eigenvalue weighted by Gasteiger charge is 2.29. The predicted octanol–water partition coefficient (Wildman–Crippen LogP) is 5.29. The Hall–Kier alpha value is -3.93. The largest absolute Gasteiger partial charge is 0.460 e. The van der Waals surface area contributed by atoms with Gasteiger partial charge in [-0.15, -0.1) is 0 Å². The normalized spacial score (nSPS) is 14.4. The Bertz CT molecular complexity index is 1300. The molecule has 1 aliphatic rings. The first-order valence-corrected chi connectivity index (χ1v) is 11.2. The molecule has 1 saturated heterocycles. The van der Waals surface area contributed by atoms with Crippen molar-refractivity contribution in [2.45, 2.75) is 19.8 Å². The van der Waals surface area contributed by atoms with E-state index in [1.807, 2.05) is 84.6 Å². The molecule has 166 valence electrons. The van der Waals surface area contributed by atoms with Crippen molar-refractivity contribution in [3.8, 4) is 11.5 Å². The third-order valence-electron chi connectivity index (χ3n) is 6.13. The topological polar surface area (TPSA) is 75.4 Å². The third kappa shape index (κ3) is 4.37. The molecule has 1 fully saturated rings. The number of para-hydroxylation sites is 2. The van der Waals surface area contributed by atoms with Crippen LogP contribution >= 0.6 is 0 Å². The number of carbonyl (C=O) groups is 2. The third-order valence-corrected chi connectivity index (χ3v) is 6.13. The molecule has 0 atom stereocenters. The summed E-state index contributed by atoms with van der Waals surface area (Å²) in [7, 11) is 0. The molecule has 2 amide bonds. The number of likely N-dealkylation sites (tertiary alicyclic amines) is 1. The summed E-state index contributed by atoms with van der Waals surface area (Å²) in [5.74, 6) is 1.30. The maximum atomic E-state index is 13.5. The summed E-state index contributed by atoms with van der Waals surface area (Å²) in [6, 6.07) is 22.7. The minimum Gasteiger partial charge on any atom is -0.460 e. The molecule has 1 aliphatic heterocycles. The fourth-order valence-electron chi connectivity index (χ4n) is 4.33. The van der Waals surface area contributed by atoms with Crippen LogP contribution in [0.4, 0.5) is 5.69 Å². The molecule has 0 bridgehead atoms. The van der Waals surface area contributed by atoms with E-state index < -0.39 is 0 Å². The molecule has 0 unspecified atom stereocenters. The fraction of sp³-hybridized carbons (Fsp3) is 0.222. The van der Waals surface area contributed by atoms with Crippen molar-refractivity contribution in [2.75, 3.05) is 18.4 Å². The Labute approximate surface area is 192 Å². The molecule has 6 nitrogen and oxygen atoms in total. The Balaban J connectivity index is 1.34. The number of pyridine rings is 1. The smallest absolute Gasteiger partial charge is 0.254 e. The van der Waals surface area contributed by atoms with Gasteiger partial charge >= 0.3 is 0 Å². The van der Waals surface area contributed by atoms with E-state index in [-0.39, 0.29) is 17.7 Å². The number of amides is 2. The van der Waals surface area contributed by atoms with E-state index in [0.29, 0.717) is 42.9 Å². The number of aryl methyl sites for hydroxylation is 1. The number of hydrogen-bond acceptors (Lipinski definition) is 4. The van der Waals surface area contributed by atoms with Gasteiger partial charge in [-0.2, -0.15) is 0 Å². The quantitative estimate of drug-likeness (QED) is 0.469. The fourth-order valence-corrected chi connectivity index (χ4v) is 4.33. The number of nitrogens with one attached hydrogen (secondary N) is 1. The van der Waals surface area contributed by atoms with Gasteiger partial charge in [0.15, 0.2) is 5.76 Å². The van der Waals surface area contributed by atoms with Crippen LogP contribution in [0.2, 0.25) is 0 Å². The first kappa shape index (κ1) is 20.9. The summed E-state index contributed by atoms with van der Waals surface area (Å²) in [5.41, 5.74) is 2.80. The van der Waals surface area contributed by atoms with Gasteiger partial charge in [0.1, 0.15) is 11.5 Å². The van der Waals surface area contributed by atoms with Crippen LogP contribution in [-0.4, -0.2) is 34.8 Å². The molecule has 0 spiro atoms. The number of hydrogen-bond donors (Lipinski definition) is 1. The Morgan fingerprint density at radius 2 is 1.70 bits per heavy atom. The van der Waals surface area contributed by atoms with Gasteiger partial charge in [-0.05, 0) is 56.2 Å². The number of aromatic nitrogens is 1. The van der Waals surface area contributed by atoms with Crippen LogP contribution in [0.5, 0.6) is 0 Å². The van der Waals surface area contributed by atoms with Gasteiger partial charge in [0.05, 0.1) is 11.1 Å². The SMILES string of the molecule is Cc1ccc(-c2cc(C(=O)N3CCC(C(=O)Nc4ccccc4)CC3)c3ccccc3n2)o1. The second-order valence-electron chi connectivity index (χ2n) is 8.40. The number of fused-ring (bicyclic) bond motifs is 1. The highest BCUT2D eigenvalue weighted by atomic mass is 16.3. The number of furan rings is 1. The van der Waals surface area contributed by atoms with E-state index in [1.165, 1.54) is 0 Å². The van der Waals surface area contributed by atoms with Gasteiger partial charge in [-0.25, -0.2) is 4.98 Å². The monoisotopic (exact) mass is 439 g/mol. The van der Waals surface area contributed by atoms with Gasteiger partial charge in [0.2, 0.25) is 5.91 Å². The zero-order chi connectivity index (χ0) is 22.8. The van der Waals surface area contributed by atoms with Crippen LogP contribution in [-0.2, 0) is 4.79 Å². The summed E-state index contributed by atoms with van der Waals surface area (Å²) < 4.78 is 5.76. The Morgan fingerprint density at radius 3 is 2.42 bits per heavy atom. The molecular formula is C27H25N3O3. The number of benzene rings is 2. The lowest BCUT2D eigenvalue weighted by Gasteiger charge is -2.31. The number of nitrogens with zero attached hydrogens (tertiary/aromatic N) is 2. The average Bonchev–Trinajstić information content (AvgIpc) is 3.30. The second-order valence-corrected chi connectivity index (χ2v) is 8.40. The Kier molecular flexibility index (Phi) is 5.65. The van der Waals surface area contributed by atoms with E-state index >= 15 is 0 Å². The molecule has 0 radical (unpaired) electrons. The zero-order valence-electron chi connectivity index (χ0n) is 18.5. The second kappa shape index (κ2) is 8.90. The molecule has 5 rings (SSSR count). The molecule has 0 saturated carbocycles. The van der Waals surface area contributed by atoms with Crippen LogP contribution < -0.4 is 5.32 Å². The summed E-state index contributed by atoms with van der Waals surface area (Å²) in [6.45, 7) is 2.96. The van der Waals surface area contributed by atoms with Crippen molar-refractivity contribution in [3.63, 3.8) is 0 Å². The number of carbonyl (C=O) groups excluding carboxylic acids is 2. The number of piperidine rings is 1. The lowest BCUT2D eigenvalue weighted by molar-refractivity contribution is -0.121. The van der Waals surface area contributed by atoms with Gasteiger partial charge in [-0.3, -0.25) is 9.59 Å². The van der Waals surface area contributed by atoms with Gasteiger partial charge in [0.25, 0.3) is 5.91 Å². The van der Waals surface area contributed by atoms with Crippen molar-refractivity contribution in [1.29, 1.82) is 0 Å². The highest BCUT2D eigenvalue weighted by Crippen LogP contribution is 2.28. The van der Waals surface area contributed by atoms with Crippen molar-refractivity contribution in [3.05, 3.63) is 84.1 Å². The van der Waals surface area contributed by atoms with Crippen molar-refractivity contribution in [1.82, 2.24) is 9.88 Å². The minimum absolute atomic E-state index is 0.0122. The van der Waals surface area contributed by atoms with E-state index in [2.05, 4.69) is 5.32 Å². The minimum atomic E-state index is -0.106. The van der Waals surface area contributed by atoms with Crippen LogP contribution in [0.1, 0.15) is 29.0 Å². The van der Waals surface area contributed by atoms with E-state index in [1.54, 1.807) is 0 Å². The lowest BCUT2D eigenvalue weighted by Crippen LogP contribution is -2.41. The standard InChI is InChI=1S/C27H25N3O3/c1-18-11-12-25(33-18)24-17-22(21-9-5-6-10-23(21)29-24)27(32)30-15-13-19(14-16-30)26(31)28-20-7-3-2-4-8-20/h2-12,17,19H,13-16H2,1H3,(H,28,31). The summed E-state index contributed by atoms with van der Waals surface area (Å²) >= 11 is 0. The molecule has 2 aromatic heterocycles. The van der Waals surface area contributed by atoms with Crippen molar-refractivity contribution < 1.29 is 14.0 Å². The molecular weight excluding hydrogens is 414 g/mol. The molecule has 3 heterocycles. The number of anilines is 1. The van der Waals surface area contributed by atoms with E-state index in [4.69, 9.17) is 9.40 Å². The highest BCUT2D eigenvalue weighted by molar-refractivity contribution is 6.07. The van der Waals surface area contributed by atoms with Crippen LogP contribution in [0, 0.1) is 12.8 Å². The maximum absolute atomic E-state index is 13.5. The van der Waals surface area contributed by atoms with Crippen molar-refractivity contribution >= 4 is 28.4 Å². The Morgan fingerprint density at radius 1 is 0.970 bits per heavy atom. The molecule has 6 heteroatoms. The lowest BCUT2D eigenvalue weighted by atomic mass is 9.95. The summed E-state index contributed by atoms with van der Waals surface area (Å²) in [4.78, 5) is 32.7. The van der Waals surface area contributed by atoms with E-state index in [0.717, 1.165) is 22.4 Å². The first-order chi connectivity index (χ1) is 16.1. The molecule has 33 heavy (non-hydrogen) atoms. The van der Waals surface area contributed by atoms with Gasteiger partial charge in [-0.1, -0.05) is 36.4 Å². The average molecular weight is 440 g/mol. The van der Waals surface area contributed by atoms with Crippen LogP contribution in [0.3, 0.4) is 0 Å². The first-order valence-electron chi connectivity index (χ1n) is 11.2. The maximum Gasteiger partial charge on any atom is 0.254 e. The molecule has 1 N–H and O–H groups in total. The molecule has 0 aliphatic carbocycles. The summed E-state index contributed by atoms with van der Waals surface area (Å²) in [6.07, 6.45) is 1.27. The van der Waals surface area contributed by atoms with Crippen molar-refractivity contribution in [2.24, 2.45) is 5.92 Å².